The van der Waals surface area contributed by atoms with Gasteiger partial charge in [-0.05, 0) is 74.2 Å². The second-order valence-corrected chi connectivity index (χ2v) is 9.91. The molecular formula is C20H20Br4N2. The van der Waals surface area contributed by atoms with Gasteiger partial charge in [-0.1, -0.05) is 63.7 Å². The fraction of sp³-hybridized carbons (Fsp3) is 0.350. The maximum atomic E-state index is 4.47. The third-order valence-corrected chi connectivity index (χ3v) is 6.91. The Morgan fingerprint density at radius 2 is 1.62 bits per heavy atom. The maximum Gasteiger partial charge on any atom is 0.0432 e. The predicted octanol–water partition coefficient (Wildman–Crippen LogP) is 7.43. The van der Waals surface area contributed by atoms with Crippen LogP contribution in [-0.4, -0.2) is 18.8 Å². The molecule has 2 nitrogen and oxygen atoms in total. The van der Waals surface area contributed by atoms with E-state index in [1.807, 2.05) is 6.07 Å². The Morgan fingerprint density at radius 3 is 2.27 bits per heavy atom. The SMILES string of the molecule is Brc1ccc(Br)c(C2=NCCC2)c1.Brc1ccc(Br)c(C2CCCN2)c1. The first kappa shape index (κ1) is 20.7. The second kappa shape index (κ2) is 9.97. The average molecular weight is 608 g/mol. The zero-order chi connectivity index (χ0) is 18.5. The molecule has 0 aliphatic carbocycles. The molecule has 0 aromatic heterocycles. The van der Waals surface area contributed by atoms with Crippen LogP contribution in [0.15, 0.2) is 59.3 Å². The van der Waals surface area contributed by atoms with Gasteiger partial charge in [0.25, 0.3) is 0 Å². The number of hydrogen-bond donors (Lipinski definition) is 1. The van der Waals surface area contributed by atoms with Crippen molar-refractivity contribution < 1.29 is 0 Å². The van der Waals surface area contributed by atoms with Gasteiger partial charge < -0.3 is 5.32 Å². The molecule has 2 aliphatic rings. The molecule has 2 aromatic carbocycles. The highest BCUT2D eigenvalue weighted by atomic mass is 79.9. The van der Waals surface area contributed by atoms with Crippen LogP contribution in [0.4, 0.5) is 0 Å². The Balaban J connectivity index is 0.000000151. The molecule has 6 heteroatoms. The quantitative estimate of drug-likeness (QED) is 0.377. The maximum absolute atomic E-state index is 4.47. The molecule has 4 rings (SSSR count). The van der Waals surface area contributed by atoms with Crippen LogP contribution >= 0.6 is 63.7 Å². The Hall–Kier alpha value is -0.0100. The van der Waals surface area contributed by atoms with Gasteiger partial charge in [-0.3, -0.25) is 4.99 Å². The van der Waals surface area contributed by atoms with Crippen LogP contribution in [0.3, 0.4) is 0 Å². The number of aliphatic imine (C=N–C) groups is 1. The van der Waals surface area contributed by atoms with Crippen molar-refractivity contribution in [1.82, 2.24) is 5.32 Å². The molecule has 0 bridgehead atoms. The molecule has 0 spiro atoms. The lowest BCUT2D eigenvalue weighted by atomic mass is 10.1. The van der Waals surface area contributed by atoms with Gasteiger partial charge in [-0.2, -0.15) is 0 Å². The van der Waals surface area contributed by atoms with Crippen molar-refractivity contribution in [2.45, 2.75) is 31.7 Å². The van der Waals surface area contributed by atoms with Crippen LogP contribution in [0, 0.1) is 0 Å². The molecule has 0 saturated carbocycles. The average Bonchev–Trinajstić information content (AvgIpc) is 3.33. The van der Waals surface area contributed by atoms with Crippen LogP contribution < -0.4 is 5.32 Å². The molecule has 1 unspecified atom stereocenters. The fourth-order valence-electron chi connectivity index (χ4n) is 3.21. The Labute approximate surface area is 188 Å². The largest absolute Gasteiger partial charge is 0.310 e. The fourth-order valence-corrected chi connectivity index (χ4v) is 4.95. The highest BCUT2D eigenvalue weighted by molar-refractivity contribution is 9.11. The van der Waals surface area contributed by atoms with E-state index in [0.29, 0.717) is 6.04 Å². The molecule has 0 radical (unpaired) electrons. The first-order chi connectivity index (χ1) is 12.5. The van der Waals surface area contributed by atoms with E-state index in [1.54, 1.807) is 0 Å². The van der Waals surface area contributed by atoms with Crippen LogP contribution in [0.5, 0.6) is 0 Å². The van der Waals surface area contributed by atoms with Gasteiger partial charge in [0.2, 0.25) is 0 Å². The molecule has 138 valence electrons. The van der Waals surface area contributed by atoms with Gasteiger partial charge in [-0.25, -0.2) is 0 Å². The minimum absolute atomic E-state index is 0.534. The van der Waals surface area contributed by atoms with Crippen molar-refractivity contribution in [2.24, 2.45) is 4.99 Å². The normalized spacial score (nSPS) is 19.1. The topological polar surface area (TPSA) is 24.4 Å². The minimum atomic E-state index is 0.534. The number of hydrogen-bond acceptors (Lipinski definition) is 2. The van der Waals surface area contributed by atoms with Crippen molar-refractivity contribution >= 4 is 69.4 Å². The summed E-state index contributed by atoms with van der Waals surface area (Å²) in [5.74, 6) is 0. The van der Waals surface area contributed by atoms with Crippen molar-refractivity contribution in [1.29, 1.82) is 0 Å². The molecule has 1 fully saturated rings. The molecule has 1 saturated heterocycles. The van der Waals surface area contributed by atoms with Crippen molar-refractivity contribution in [3.8, 4) is 0 Å². The van der Waals surface area contributed by atoms with Gasteiger partial charge in [0, 0.05) is 41.8 Å². The van der Waals surface area contributed by atoms with Crippen LogP contribution in [0.25, 0.3) is 0 Å². The lowest BCUT2D eigenvalue weighted by Crippen LogP contribution is -2.13. The van der Waals surface area contributed by atoms with Gasteiger partial charge in [0.1, 0.15) is 0 Å². The van der Waals surface area contributed by atoms with Crippen LogP contribution in [0.2, 0.25) is 0 Å². The third kappa shape index (κ3) is 5.51. The standard InChI is InChI=1S/C10H11Br2N.C10H9Br2N/c2*11-7-3-4-9(12)8(6-7)10-2-1-5-13-10/h3-4,6,10,13H,1-2,5H2;3-4,6H,1-2,5H2. The number of benzene rings is 2. The van der Waals surface area contributed by atoms with Crippen LogP contribution in [0.1, 0.15) is 42.9 Å². The molecular weight excluding hydrogens is 588 g/mol. The minimum Gasteiger partial charge on any atom is -0.310 e. The third-order valence-electron chi connectivity index (χ3n) is 4.51. The van der Waals surface area contributed by atoms with E-state index < -0.39 is 0 Å². The summed E-state index contributed by atoms with van der Waals surface area (Å²) in [4.78, 5) is 4.47. The first-order valence-corrected chi connectivity index (χ1v) is 11.9. The summed E-state index contributed by atoms with van der Waals surface area (Å²) >= 11 is 14.1. The van der Waals surface area contributed by atoms with E-state index >= 15 is 0 Å². The van der Waals surface area contributed by atoms with Crippen molar-refractivity contribution in [3.63, 3.8) is 0 Å². The van der Waals surface area contributed by atoms with E-state index in [0.717, 1.165) is 32.9 Å². The monoisotopic (exact) mass is 604 g/mol. The summed E-state index contributed by atoms with van der Waals surface area (Å²) in [6.07, 6.45) is 4.82. The predicted molar refractivity (Wildman–Crippen MR) is 124 cm³/mol. The van der Waals surface area contributed by atoms with Crippen LogP contribution in [-0.2, 0) is 0 Å². The molecule has 1 N–H and O–H groups in total. The lowest BCUT2D eigenvalue weighted by Gasteiger charge is -2.12. The van der Waals surface area contributed by atoms with E-state index in [2.05, 4.69) is 104 Å². The Kier molecular flexibility index (Phi) is 7.94. The zero-order valence-electron chi connectivity index (χ0n) is 14.2. The van der Waals surface area contributed by atoms with E-state index in [-0.39, 0.29) is 0 Å². The van der Waals surface area contributed by atoms with Crippen molar-refractivity contribution in [3.05, 3.63) is 65.4 Å². The molecule has 2 heterocycles. The van der Waals surface area contributed by atoms with Gasteiger partial charge in [-0.15, -0.1) is 0 Å². The zero-order valence-corrected chi connectivity index (χ0v) is 20.6. The number of rotatable bonds is 2. The highest BCUT2D eigenvalue weighted by Gasteiger charge is 2.18. The summed E-state index contributed by atoms with van der Waals surface area (Å²) in [5.41, 5.74) is 3.83. The molecule has 1 atom stereocenters. The summed E-state index contributed by atoms with van der Waals surface area (Å²) in [6, 6.07) is 13.1. The molecule has 26 heavy (non-hydrogen) atoms. The molecule has 2 aliphatic heterocycles. The smallest absolute Gasteiger partial charge is 0.0432 e. The highest BCUT2D eigenvalue weighted by Crippen LogP contribution is 2.31. The number of nitrogens with zero attached hydrogens (tertiary/aromatic N) is 1. The summed E-state index contributed by atoms with van der Waals surface area (Å²) < 4.78 is 4.60. The van der Waals surface area contributed by atoms with Gasteiger partial charge >= 0.3 is 0 Å². The van der Waals surface area contributed by atoms with Gasteiger partial charge in [0.15, 0.2) is 0 Å². The van der Waals surface area contributed by atoms with E-state index in [1.165, 1.54) is 40.6 Å². The first-order valence-electron chi connectivity index (χ1n) is 8.71. The summed E-state index contributed by atoms with van der Waals surface area (Å²) in [7, 11) is 0. The summed E-state index contributed by atoms with van der Waals surface area (Å²) in [6.45, 7) is 2.12. The van der Waals surface area contributed by atoms with Gasteiger partial charge in [0.05, 0.1) is 0 Å². The number of nitrogens with one attached hydrogen (secondary N) is 1. The van der Waals surface area contributed by atoms with Crippen molar-refractivity contribution in [2.75, 3.05) is 13.1 Å². The summed E-state index contributed by atoms with van der Waals surface area (Å²) in [5, 5.41) is 3.49. The Bertz CT molecular complexity index is 798. The number of halogens is 4. The van der Waals surface area contributed by atoms with E-state index in [9.17, 15) is 0 Å². The second-order valence-electron chi connectivity index (χ2n) is 6.37. The Morgan fingerprint density at radius 1 is 0.885 bits per heavy atom. The van der Waals surface area contributed by atoms with E-state index in [4.69, 9.17) is 0 Å². The lowest BCUT2D eigenvalue weighted by molar-refractivity contribution is 0.644. The molecule has 0 amide bonds. The molecule has 2 aromatic rings.